The maximum absolute atomic E-state index is 9.90. The van der Waals surface area contributed by atoms with E-state index in [-0.39, 0.29) is 12.1 Å². The average molecular weight is 291 g/mol. The molecule has 0 amide bonds. The number of allylic oxidation sites excluding steroid dienone is 1. The Kier molecular flexibility index (Phi) is 4.10. The maximum atomic E-state index is 9.90. The number of aromatic nitrogens is 1. The van der Waals surface area contributed by atoms with Gasteiger partial charge in [-0.15, -0.1) is 0 Å². The summed E-state index contributed by atoms with van der Waals surface area (Å²) in [5.41, 5.74) is 1.14. The van der Waals surface area contributed by atoms with Gasteiger partial charge in [0.25, 0.3) is 0 Å². The monoisotopic (exact) mass is 290 g/mol. The largest absolute Gasteiger partial charge is 0.391 e. The third kappa shape index (κ3) is 2.90. The highest BCUT2D eigenvalue weighted by Gasteiger charge is 2.19. The van der Waals surface area contributed by atoms with Gasteiger partial charge in [-0.1, -0.05) is 29.8 Å². The van der Waals surface area contributed by atoms with Gasteiger partial charge in [0.05, 0.1) is 12.1 Å². The average Bonchev–Trinajstić information content (AvgIpc) is 2.83. The lowest BCUT2D eigenvalue weighted by Gasteiger charge is -2.26. The van der Waals surface area contributed by atoms with Gasteiger partial charge in [-0.3, -0.25) is 0 Å². The van der Waals surface area contributed by atoms with Gasteiger partial charge in [-0.05, 0) is 43.0 Å². The predicted octanol–water partition coefficient (Wildman–Crippen LogP) is 2.96. The molecule has 0 radical (unpaired) electrons. The molecule has 1 fully saturated rings. The minimum absolute atomic E-state index is 0.0779. The second-order valence-corrected chi connectivity index (χ2v) is 5.73. The minimum Gasteiger partial charge on any atom is -0.391 e. The maximum Gasteiger partial charge on any atom is 0.0729 e. The molecule has 0 saturated carbocycles. The van der Waals surface area contributed by atoms with Gasteiger partial charge in [-0.2, -0.15) is 0 Å². The number of halogens is 1. The number of hydrogen-bond acceptors (Lipinski definition) is 2. The molecule has 106 valence electrons. The Bertz CT molecular complexity index is 620. The van der Waals surface area contributed by atoms with E-state index < -0.39 is 0 Å². The van der Waals surface area contributed by atoms with E-state index in [1.54, 1.807) is 0 Å². The van der Waals surface area contributed by atoms with Crippen LogP contribution in [0.1, 0.15) is 12.8 Å². The zero-order chi connectivity index (χ0) is 13.9. The molecule has 3 nitrogen and oxygen atoms in total. The highest BCUT2D eigenvalue weighted by atomic mass is 35.5. The summed E-state index contributed by atoms with van der Waals surface area (Å²) in [5, 5.41) is 15.2. The van der Waals surface area contributed by atoms with E-state index in [2.05, 4.69) is 34.3 Å². The standard InChI is InChI=1S/C16H19ClN2O/c17-13-6-5-12-7-10-19(15(12)11-13)9-2-3-14-16(20)4-1-8-18-14/h2-3,5-7,10-11,14,16,18,20H,1,4,8-9H2/b3-2+. The molecule has 2 N–H and O–H groups in total. The molecule has 4 heteroatoms. The summed E-state index contributed by atoms with van der Waals surface area (Å²) in [6.07, 6.45) is 7.90. The zero-order valence-corrected chi connectivity index (χ0v) is 12.1. The van der Waals surface area contributed by atoms with Gasteiger partial charge in [-0.25, -0.2) is 0 Å². The van der Waals surface area contributed by atoms with Crippen molar-refractivity contribution in [1.29, 1.82) is 0 Å². The molecule has 0 aliphatic carbocycles. The minimum atomic E-state index is -0.268. The molecule has 1 aliphatic heterocycles. The number of piperidine rings is 1. The van der Waals surface area contributed by atoms with Crippen molar-refractivity contribution in [1.82, 2.24) is 9.88 Å². The lowest BCUT2D eigenvalue weighted by atomic mass is 10.0. The fourth-order valence-corrected chi connectivity index (χ4v) is 2.90. The summed E-state index contributed by atoms with van der Waals surface area (Å²) < 4.78 is 2.16. The van der Waals surface area contributed by atoms with Crippen molar-refractivity contribution in [2.24, 2.45) is 0 Å². The Morgan fingerprint density at radius 1 is 1.40 bits per heavy atom. The number of benzene rings is 1. The van der Waals surface area contributed by atoms with Crippen LogP contribution >= 0.6 is 11.6 Å². The number of aliphatic hydroxyl groups is 1. The van der Waals surface area contributed by atoms with E-state index in [0.717, 1.165) is 36.5 Å². The predicted molar refractivity (Wildman–Crippen MR) is 83.1 cm³/mol. The quantitative estimate of drug-likeness (QED) is 0.853. The fraction of sp³-hybridized carbons (Fsp3) is 0.375. The lowest BCUT2D eigenvalue weighted by Crippen LogP contribution is -2.43. The molecule has 2 heterocycles. The lowest BCUT2D eigenvalue weighted by molar-refractivity contribution is 0.115. The van der Waals surface area contributed by atoms with Crippen LogP contribution in [0.2, 0.25) is 5.02 Å². The molecule has 1 aromatic carbocycles. The first-order valence-corrected chi connectivity index (χ1v) is 7.44. The van der Waals surface area contributed by atoms with Crippen molar-refractivity contribution in [2.75, 3.05) is 6.54 Å². The van der Waals surface area contributed by atoms with E-state index >= 15 is 0 Å². The molecule has 1 aromatic heterocycles. The second-order valence-electron chi connectivity index (χ2n) is 5.29. The first-order chi connectivity index (χ1) is 9.74. The highest BCUT2D eigenvalue weighted by Crippen LogP contribution is 2.20. The molecule has 2 aromatic rings. The molecule has 1 aliphatic rings. The van der Waals surface area contributed by atoms with Crippen LogP contribution < -0.4 is 5.32 Å². The van der Waals surface area contributed by atoms with Crippen molar-refractivity contribution in [3.63, 3.8) is 0 Å². The first kappa shape index (κ1) is 13.7. The Hall–Kier alpha value is -1.29. The topological polar surface area (TPSA) is 37.2 Å². The van der Waals surface area contributed by atoms with Crippen LogP contribution in [0, 0.1) is 0 Å². The molecule has 0 spiro atoms. The smallest absolute Gasteiger partial charge is 0.0729 e. The first-order valence-electron chi connectivity index (χ1n) is 7.06. The third-order valence-corrected chi connectivity index (χ3v) is 4.09. The molecule has 2 atom stereocenters. The van der Waals surface area contributed by atoms with Crippen molar-refractivity contribution < 1.29 is 5.11 Å². The van der Waals surface area contributed by atoms with E-state index in [0.29, 0.717) is 0 Å². The normalized spacial score (nSPS) is 23.7. The zero-order valence-electron chi connectivity index (χ0n) is 11.3. The Morgan fingerprint density at radius 3 is 3.15 bits per heavy atom. The molecule has 20 heavy (non-hydrogen) atoms. The Morgan fingerprint density at radius 2 is 2.30 bits per heavy atom. The van der Waals surface area contributed by atoms with Crippen molar-refractivity contribution in [3.05, 3.63) is 47.6 Å². The van der Waals surface area contributed by atoms with Crippen molar-refractivity contribution in [2.45, 2.75) is 31.5 Å². The number of nitrogens with zero attached hydrogens (tertiary/aromatic N) is 1. The number of aliphatic hydroxyl groups excluding tert-OH is 1. The summed E-state index contributed by atoms with van der Waals surface area (Å²) in [6, 6.07) is 8.09. The highest BCUT2D eigenvalue weighted by molar-refractivity contribution is 6.31. The van der Waals surface area contributed by atoms with Gasteiger partial charge in [0.15, 0.2) is 0 Å². The van der Waals surface area contributed by atoms with Gasteiger partial charge in [0.1, 0.15) is 0 Å². The van der Waals surface area contributed by atoms with Crippen LogP contribution in [0.4, 0.5) is 0 Å². The van der Waals surface area contributed by atoms with Gasteiger partial charge in [0.2, 0.25) is 0 Å². The van der Waals surface area contributed by atoms with Crippen molar-refractivity contribution >= 4 is 22.5 Å². The number of hydrogen-bond donors (Lipinski definition) is 2. The number of fused-ring (bicyclic) bond motifs is 1. The van der Waals surface area contributed by atoms with Gasteiger partial charge in [0, 0.05) is 23.3 Å². The van der Waals surface area contributed by atoms with Crippen LogP contribution in [0.5, 0.6) is 0 Å². The SMILES string of the molecule is OC1CCCNC1/C=C/Cn1ccc2ccc(Cl)cc21. The molecular formula is C16H19ClN2O. The van der Waals surface area contributed by atoms with Crippen LogP contribution in [0.25, 0.3) is 10.9 Å². The van der Waals surface area contributed by atoms with Gasteiger partial charge >= 0.3 is 0 Å². The number of nitrogens with one attached hydrogen (secondary N) is 1. The summed E-state index contributed by atoms with van der Waals surface area (Å²) in [4.78, 5) is 0. The summed E-state index contributed by atoms with van der Waals surface area (Å²) >= 11 is 6.05. The molecule has 2 unspecified atom stereocenters. The van der Waals surface area contributed by atoms with E-state index in [1.165, 1.54) is 5.39 Å². The molecule has 0 bridgehead atoms. The molecule has 3 rings (SSSR count). The Labute approximate surface area is 123 Å². The third-order valence-electron chi connectivity index (χ3n) is 3.85. The fourth-order valence-electron chi connectivity index (χ4n) is 2.73. The molecule has 1 saturated heterocycles. The number of rotatable bonds is 3. The Balaban J connectivity index is 1.71. The van der Waals surface area contributed by atoms with Crippen LogP contribution in [0.15, 0.2) is 42.6 Å². The summed E-state index contributed by atoms with van der Waals surface area (Å²) in [6.45, 7) is 1.77. The molecular weight excluding hydrogens is 272 g/mol. The van der Waals surface area contributed by atoms with E-state index in [4.69, 9.17) is 11.6 Å². The second kappa shape index (κ2) is 6.00. The van der Waals surface area contributed by atoms with Crippen LogP contribution in [-0.2, 0) is 6.54 Å². The van der Waals surface area contributed by atoms with E-state index in [1.807, 2.05) is 18.2 Å². The van der Waals surface area contributed by atoms with Crippen molar-refractivity contribution in [3.8, 4) is 0 Å². The van der Waals surface area contributed by atoms with Crippen LogP contribution in [0.3, 0.4) is 0 Å². The summed E-state index contributed by atoms with van der Waals surface area (Å²) in [7, 11) is 0. The van der Waals surface area contributed by atoms with Crippen LogP contribution in [-0.4, -0.2) is 28.4 Å². The van der Waals surface area contributed by atoms with E-state index in [9.17, 15) is 5.11 Å². The van der Waals surface area contributed by atoms with Gasteiger partial charge < -0.3 is 15.0 Å². The summed E-state index contributed by atoms with van der Waals surface area (Å²) in [5.74, 6) is 0.